The van der Waals surface area contributed by atoms with E-state index in [-0.39, 0.29) is 0 Å². The first-order valence-electron chi connectivity index (χ1n) is 6.73. The van der Waals surface area contributed by atoms with E-state index in [4.69, 9.17) is 39.9 Å². The zero-order valence-electron chi connectivity index (χ0n) is 14.5. The molecule has 0 bridgehead atoms. The predicted octanol–water partition coefficient (Wildman–Crippen LogP) is -2.77. The van der Waals surface area contributed by atoms with Crippen molar-refractivity contribution in [2.24, 2.45) is 0 Å². The fraction of sp³-hybridized carbons (Fsp3) is 0.692. The summed E-state index contributed by atoms with van der Waals surface area (Å²) in [4.78, 5) is 38.0. The van der Waals surface area contributed by atoms with Crippen molar-refractivity contribution < 1.29 is 64.4 Å². The van der Waals surface area contributed by atoms with Crippen molar-refractivity contribution in [3.8, 4) is 0 Å². The van der Waals surface area contributed by atoms with Crippen molar-refractivity contribution in [3.05, 3.63) is 0 Å². The SMILES string of the molecule is CC(=O)O.CC(=O)O.CC(=O)O.COC(=O)[C@H]1O[C@@H](O)[C@H](O)[C@@H](O)[C@@H]1O. The first kappa shape index (κ1) is 28.5. The van der Waals surface area contributed by atoms with Crippen LogP contribution in [0.1, 0.15) is 20.8 Å². The molecule has 1 saturated heterocycles. The van der Waals surface area contributed by atoms with E-state index in [1.807, 2.05) is 0 Å². The second-order valence-electron chi connectivity index (χ2n) is 4.50. The molecule has 13 heteroatoms. The second-order valence-corrected chi connectivity index (χ2v) is 4.50. The number of ether oxygens (including phenoxy) is 2. The molecule has 0 spiro atoms. The Bertz CT molecular complexity index is 409. The van der Waals surface area contributed by atoms with Gasteiger partial charge in [0.1, 0.15) is 18.3 Å². The number of hydrogen-bond acceptors (Lipinski definition) is 10. The van der Waals surface area contributed by atoms with Gasteiger partial charge in [0, 0.05) is 20.8 Å². The van der Waals surface area contributed by atoms with Crippen LogP contribution in [-0.4, -0.2) is 97.4 Å². The molecule has 1 rings (SSSR count). The molecule has 26 heavy (non-hydrogen) atoms. The van der Waals surface area contributed by atoms with E-state index < -0.39 is 54.6 Å². The third-order valence-electron chi connectivity index (χ3n) is 2.02. The summed E-state index contributed by atoms with van der Waals surface area (Å²) in [5, 5.41) is 58.8. The number of carboxylic acids is 3. The number of aliphatic carboxylic acids is 3. The van der Waals surface area contributed by atoms with E-state index in [1.165, 1.54) is 0 Å². The van der Waals surface area contributed by atoms with Gasteiger partial charge < -0.3 is 45.2 Å². The van der Waals surface area contributed by atoms with Crippen LogP contribution in [0.25, 0.3) is 0 Å². The average Bonchev–Trinajstić information content (AvgIpc) is 2.46. The number of methoxy groups -OCH3 is 1. The Balaban J connectivity index is -0.000000362. The van der Waals surface area contributed by atoms with Crippen LogP contribution in [0.5, 0.6) is 0 Å². The summed E-state index contributed by atoms with van der Waals surface area (Å²) in [6, 6.07) is 0. The molecule has 5 atom stereocenters. The summed E-state index contributed by atoms with van der Waals surface area (Å²) < 4.78 is 8.82. The van der Waals surface area contributed by atoms with Gasteiger partial charge in [-0.15, -0.1) is 0 Å². The Hall–Kier alpha value is -2.32. The predicted molar refractivity (Wildman–Crippen MR) is 80.8 cm³/mol. The summed E-state index contributed by atoms with van der Waals surface area (Å²) in [5.41, 5.74) is 0. The van der Waals surface area contributed by atoms with E-state index in [2.05, 4.69) is 9.47 Å². The highest BCUT2D eigenvalue weighted by atomic mass is 16.7. The topological polar surface area (TPSA) is 228 Å². The van der Waals surface area contributed by atoms with Crippen molar-refractivity contribution in [3.63, 3.8) is 0 Å². The first-order chi connectivity index (χ1) is 11.7. The van der Waals surface area contributed by atoms with Crippen LogP contribution >= 0.6 is 0 Å². The van der Waals surface area contributed by atoms with E-state index >= 15 is 0 Å². The highest BCUT2D eigenvalue weighted by Crippen LogP contribution is 2.20. The Kier molecular flexibility index (Phi) is 16.4. The van der Waals surface area contributed by atoms with Crippen LogP contribution in [0.2, 0.25) is 0 Å². The van der Waals surface area contributed by atoms with Crippen LogP contribution in [0.4, 0.5) is 0 Å². The van der Waals surface area contributed by atoms with Gasteiger partial charge in [0.15, 0.2) is 12.4 Å². The van der Waals surface area contributed by atoms with Gasteiger partial charge in [-0.05, 0) is 0 Å². The summed E-state index contributed by atoms with van der Waals surface area (Å²) >= 11 is 0. The lowest BCUT2D eigenvalue weighted by molar-refractivity contribution is -0.280. The molecule has 1 aliphatic heterocycles. The molecular formula is C13H24O13. The molecule has 0 saturated carbocycles. The van der Waals surface area contributed by atoms with Gasteiger partial charge in [0.05, 0.1) is 7.11 Å². The average molecular weight is 388 g/mol. The number of carbonyl (C=O) groups excluding carboxylic acids is 1. The minimum Gasteiger partial charge on any atom is -0.481 e. The number of carboxylic acid groups (broad SMARTS) is 3. The summed E-state index contributed by atoms with van der Waals surface area (Å²) in [6.07, 6.45) is -8.14. The van der Waals surface area contributed by atoms with Gasteiger partial charge >= 0.3 is 5.97 Å². The fourth-order valence-electron chi connectivity index (χ4n) is 1.17. The highest BCUT2D eigenvalue weighted by Gasteiger charge is 2.46. The molecule has 154 valence electrons. The summed E-state index contributed by atoms with van der Waals surface area (Å²) in [5.74, 6) is -3.43. The number of carbonyl (C=O) groups is 4. The van der Waals surface area contributed by atoms with Crippen molar-refractivity contribution in [2.75, 3.05) is 7.11 Å². The molecule has 0 aromatic rings. The largest absolute Gasteiger partial charge is 0.481 e. The zero-order chi connectivity index (χ0) is 21.6. The van der Waals surface area contributed by atoms with Gasteiger partial charge in [-0.1, -0.05) is 0 Å². The molecule has 1 aliphatic rings. The minimum atomic E-state index is -1.72. The lowest BCUT2D eigenvalue weighted by Crippen LogP contribution is -2.59. The van der Waals surface area contributed by atoms with Gasteiger partial charge in [-0.25, -0.2) is 4.79 Å². The zero-order valence-corrected chi connectivity index (χ0v) is 14.5. The third kappa shape index (κ3) is 16.5. The fourth-order valence-corrected chi connectivity index (χ4v) is 1.17. The molecule has 13 nitrogen and oxygen atoms in total. The number of rotatable bonds is 1. The number of aliphatic hydroxyl groups excluding tert-OH is 4. The van der Waals surface area contributed by atoms with Gasteiger partial charge in [0.2, 0.25) is 0 Å². The Morgan fingerprint density at radius 3 is 1.31 bits per heavy atom. The highest BCUT2D eigenvalue weighted by molar-refractivity contribution is 5.75. The molecule has 1 fully saturated rings. The van der Waals surface area contributed by atoms with E-state index in [0.717, 1.165) is 27.9 Å². The van der Waals surface area contributed by atoms with Crippen molar-refractivity contribution in [2.45, 2.75) is 51.5 Å². The monoisotopic (exact) mass is 388 g/mol. The van der Waals surface area contributed by atoms with Crippen molar-refractivity contribution in [1.82, 2.24) is 0 Å². The quantitative estimate of drug-likeness (QED) is 0.226. The second kappa shape index (κ2) is 15.0. The summed E-state index contributed by atoms with van der Waals surface area (Å²) in [7, 11) is 1.07. The van der Waals surface area contributed by atoms with Gasteiger partial charge in [0.25, 0.3) is 17.9 Å². The van der Waals surface area contributed by atoms with E-state index in [9.17, 15) is 15.0 Å². The third-order valence-corrected chi connectivity index (χ3v) is 2.02. The smallest absolute Gasteiger partial charge is 0.337 e. The molecule has 0 aliphatic carbocycles. The van der Waals surface area contributed by atoms with Crippen molar-refractivity contribution >= 4 is 23.9 Å². The van der Waals surface area contributed by atoms with Crippen LogP contribution in [0.3, 0.4) is 0 Å². The number of hydrogen-bond donors (Lipinski definition) is 7. The molecule has 1 heterocycles. The lowest BCUT2D eigenvalue weighted by Gasteiger charge is -2.36. The minimum absolute atomic E-state index is 0.833. The molecule has 0 radical (unpaired) electrons. The Morgan fingerprint density at radius 1 is 0.731 bits per heavy atom. The van der Waals surface area contributed by atoms with Crippen LogP contribution in [0.15, 0.2) is 0 Å². The molecule has 7 N–H and O–H groups in total. The standard InChI is InChI=1S/C7H12O7.3C2H4O2/c1-13-7(12)5-3(9)2(8)4(10)6(11)14-5;3*1-2(3)4/h2-6,8-11H,1H3;3*1H3,(H,3,4)/t2-,3-,4+,5-,6+;;;/m0.../s1. The molecule has 0 aromatic heterocycles. The van der Waals surface area contributed by atoms with Gasteiger partial charge in [-0.3, -0.25) is 14.4 Å². The van der Waals surface area contributed by atoms with E-state index in [0.29, 0.717) is 0 Å². The van der Waals surface area contributed by atoms with Crippen LogP contribution < -0.4 is 0 Å². The Morgan fingerprint density at radius 2 is 1.04 bits per heavy atom. The number of aliphatic hydroxyl groups is 4. The molecule has 0 unspecified atom stereocenters. The maximum Gasteiger partial charge on any atom is 0.337 e. The van der Waals surface area contributed by atoms with Gasteiger partial charge in [-0.2, -0.15) is 0 Å². The molecule has 0 amide bonds. The summed E-state index contributed by atoms with van der Waals surface area (Å²) in [6.45, 7) is 3.25. The maximum atomic E-state index is 11.0. The van der Waals surface area contributed by atoms with Crippen LogP contribution in [0, 0.1) is 0 Å². The van der Waals surface area contributed by atoms with E-state index in [1.54, 1.807) is 0 Å². The molecule has 0 aromatic carbocycles. The van der Waals surface area contributed by atoms with Crippen LogP contribution in [-0.2, 0) is 28.7 Å². The normalized spacial score (nSPS) is 26.2. The van der Waals surface area contributed by atoms with Crippen molar-refractivity contribution in [1.29, 1.82) is 0 Å². The maximum absolute atomic E-state index is 11.0. The number of esters is 1. The first-order valence-corrected chi connectivity index (χ1v) is 6.73. The Labute approximate surface area is 148 Å². The lowest BCUT2D eigenvalue weighted by atomic mass is 9.99. The molecular weight excluding hydrogens is 364 g/mol.